The van der Waals surface area contributed by atoms with Crippen molar-refractivity contribution in [2.75, 3.05) is 6.61 Å². The third-order valence-corrected chi connectivity index (χ3v) is 7.43. The van der Waals surface area contributed by atoms with Crippen molar-refractivity contribution in [2.45, 2.75) is 29.1 Å². The molecule has 0 bridgehead atoms. The molecule has 230 valence electrons. The van der Waals surface area contributed by atoms with Crippen molar-refractivity contribution >= 4 is 39.8 Å². The van der Waals surface area contributed by atoms with Gasteiger partial charge in [0.2, 0.25) is 6.10 Å². The zero-order chi connectivity index (χ0) is 31.8. The molecule has 0 saturated carbocycles. The number of hydrogen-bond acceptors (Lipinski definition) is 10. The highest BCUT2D eigenvalue weighted by molar-refractivity contribution is 9.10. The van der Waals surface area contributed by atoms with E-state index in [1.807, 2.05) is 0 Å². The van der Waals surface area contributed by atoms with Gasteiger partial charge in [0.1, 0.15) is 12.7 Å². The van der Waals surface area contributed by atoms with Crippen molar-refractivity contribution < 1.29 is 48.0 Å². The van der Waals surface area contributed by atoms with Crippen LogP contribution in [-0.2, 0) is 23.7 Å². The Morgan fingerprint density at radius 1 is 0.578 bits per heavy atom. The lowest BCUT2D eigenvalue weighted by atomic mass is 9.97. The number of halogens is 1. The van der Waals surface area contributed by atoms with Crippen LogP contribution in [0.2, 0.25) is 0 Å². The summed E-state index contributed by atoms with van der Waals surface area (Å²) in [4.78, 5) is 52.7. The van der Waals surface area contributed by atoms with Gasteiger partial charge >= 0.3 is 23.9 Å². The number of esters is 4. The first-order chi connectivity index (χ1) is 21.7. The van der Waals surface area contributed by atoms with Gasteiger partial charge in [0.05, 0.1) is 22.3 Å². The van der Waals surface area contributed by atoms with E-state index < -0.39 is 59.6 Å². The number of alkyl halides is 1. The van der Waals surface area contributed by atoms with Gasteiger partial charge < -0.3 is 28.8 Å². The minimum atomic E-state index is -2.49. The van der Waals surface area contributed by atoms with Crippen LogP contribution in [0.15, 0.2) is 121 Å². The molecule has 1 fully saturated rings. The van der Waals surface area contributed by atoms with E-state index in [1.54, 1.807) is 84.9 Å². The molecule has 5 atom stereocenters. The summed E-state index contributed by atoms with van der Waals surface area (Å²) in [6.07, 6.45) is -6.38. The fourth-order valence-electron chi connectivity index (χ4n) is 4.58. The Morgan fingerprint density at radius 2 is 0.933 bits per heavy atom. The van der Waals surface area contributed by atoms with Crippen LogP contribution in [0.3, 0.4) is 0 Å². The van der Waals surface area contributed by atoms with Crippen LogP contribution in [0.25, 0.3) is 0 Å². The van der Waals surface area contributed by atoms with E-state index in [9.17, 15) is 24.3 Å². The van der Waals surface area contributed by atoms with E-state index in [-0.39, 0.29) is 22.3 Å². The van der Waals surface area contributed by atoms with E-state index in [4.69, 9.17) is 23.7 Å². The lowest BCUT2D eigenvalue weighted by Crippen LogP contribution is -2.66. The molecule has 4 aromatic rings. The van der Waals surface area contributed by atoms with Gasteiger partial charge in [0.25, 0.3) is 4.70 Å². The lowest BCUT2D eigenvalue weighted by Gasteiger charge is -2.46. The van der Waals surface area contributed by atoms with Gasteiger partial charge in [-0.25, -0.2) is 19.2 Å². The molecular weight excluding hydrogens is 648 g/mol. The molecule has 0 amide bonds. The van der Waals surface area contributed by atoms with E-state index in [2.05, 4.69) is 15.9 Å². The van der Waals surface area contributed by atoms with E-state index in [0.29, 0.717) is 0 Å². The smallest absolute Gasteiger partial charge is 0.338 e. The summed E-state index contributed by atoms with van der Waals surface area (Å²) >= 11 is 3.06. The number of aliphatic hydroxyl groups is 1. The molecule has 5 rings (SSSR count). The van der Waals surface area contributed by atoms with Gasteiger partial charge in [-0.05, 0) is 64.5 Å². The topological polar surface area (TPSA) is 135 Å². The number of carbonyl (C=O) groups is 4. The summed E-state index contributed by atoms with van der Waals surface area (Å²) in [5, 5.41) is 11.5. The highest BCUT2D eigenvalue weighted by Gasteiger charge is 2.59. The van der Waals surface area contributed by atoms with Crippen molar-refractivity contribution in [3.05, 3.63) is 144 Å². The summed E-state index contributed by atoms with van der Waals surface area (Å²) in [6.45, 7) is -0.548. The minimum Gasteiger partial charge on any atom is -0.459 e. The zero-order valence-corrected chi connectivity index (χ0v) is 25.1. The molecule has 4 aromatic carbocycles. The third-order valence-electron chi connectivity index (χ3n) is 6.79. The van der Waals surface area contributed by atoms with Crippen molar-refractivity contribution in [2.24, 2.45) is 0 Å². The van der Waals surface area contributed by atoms with Crippen LogP contribution in [0.5, 0.6) is 0 Å². The quantitative estimate of drug-likeness (QED) is 0.147. The number of hydrogen-bond donors (Lipinski definition) is 1. The normalized spacial score (nSPS) is 22.4. The molecule has 1 aliphatic heterocycles. The minimum absolute atomic E-state index is 0.130. The Kier molecular flexibility index (Phi) is 10.0. The fourth-order valence-corrected chi connectivity index (χ4v) is 5.17. The van der Waals surface area contributed by atoms with E-state index >= 15 is 0 Å². The van der Waals surface area contributed by atoms with Gasteiger partial charge in [-0.2, -0.15) is 0 Å². The van der Waals surface area contributed by atoms with Crippen LogP contribution in [0.1, 0.15) is 41.4 Å². The Balaban J connectivity index is 1.51. The van der Waals surface area contributed by atoms with Gasteiger partial charge in [-0.1, -0.05) is 72.8 Å². The summed E-state index contributed by atoms with van der Waals surface area (Å²) in [6, 6.07) is 31.9. The first kappa shape index (κ1) is 31.6. The Morgan fingerprint density at radius 3 is 1.36 bits per heavy atom. The average molecular weight is 675 g/mol. The van der Waals surface area contributed by atoms with Crippen LogP contribution >= 0.6 is 15.9 Å². The first-order valence-electron chi connectivity index (χ1n) is 13.8. The molecule has 0 radical (unpaired) electrons. The Hall–Kier alpha value is -4.84. The zero-order valence-electron chi connectivity index (χ0n) is 23.6. The van der Waals surface area contributed by atoms with Crippen LogP contribution in [-0.4, -0.2) is 64.7 Å². The van der Waals surface area contributed by atoms with E-state index in [0.717, 1.165) is 0 Å². The second-order valence-electron chi connectivity index (χ2n) is 9.89. The van der Waals surface area contributed by atoms with Gasteiger partial charge in [-0.15, -0.1) is 0 Å². The van der Waals surface area contributed by atoms with E-state index in [1.165, 1.54) is 36.4 Å². The molecule has 10 nitrogen and oxygen atoms in total. The Labute approximate surface area is 266 Å². The molecule has 1 unspecified atom stereocenters. The molecule has 0 aromatic heterocycles. The SMILES string of the molecule is O=C(OC[C@H]1OC(O)(Br)[C@@H](OC(=O)c2ccccc2)[C@@H](OC(=O)c2ccccc2)[C@@H]1OC(=O)c1ccccc1)c1ccccc1. The van der Waals surface area contributed by atoms with Crippen LogP contribution in [0.4, 0.5) is 0 Å². The number of rotatable bonds is 9. The summed E-state index contributed by atoms with van der Waals surface area (Å²) in [5.74, 6) is -3.31. The highest BCUT2D eigenvalue weighted by atomic mass is 79.9. The average Bonchev–Trinajstić information content (AvgIpc) is 3.07. The third kappa shape index (κ3) is 7.82. The molecule has 1 N–H and O–H groups in total. The second-order valence-corrected chi connectivity index (χ2v) is 11.0. The van der Waals surface area contributed by atoms with Crippen molar-refractivity contribution in [3.8, 4) is 0 Å². The number of carbonyl (C=O) groups excluding carboxylic acids is 4. The van der Waals surface area contributed by atoms with Crippen LogP contribution < -0.4 is 0 Å². The van der Waals surface area contributed by atoms with Crippen molar-refractivity contribution in [1.29, 1.82) is 0 Å². The molecular formula is C34H27BrO10. The van der Waals surface area contributed by atoms with Crippen molar-refractivity contribution in [3.63, 3.8) is 0 Å². The first-order valence-corrected chi connectivity index (χ1v) is 14.6. The van der Waals surface area contributed by atoms with Crippen LogP contribution in [0, 0.1) is 0 Å². The maximum atomic E-state index is 13.4. The second kappa shape index (κ2) is 14.3. The number of benzene rings is 4. The van der Waals surface area contributed by atoms with Crippen molar-refractivity contribution in [1.82, 2.24) is 0 Å². The summed E-state index contributed by atoms with van der Waals surface area (Å²) < 4.78 is 26.1. The predicted molar refractivity (Wildman–Crippen MR) is 162 cm³/mol. The maximum Gasteiger partial charge on any atom is 0.338 e. The van der Waals surface area contributed by atoms with Gasteiger partial charge in [0.15, 0.2) is 12.2 Å². The van der Waals surface area contributed by atoms with Gasteiger partial charge in [0, 0.05) is 0 Å². The maximum absolute atomic E-state index is 13.4. The highest BCUT2D eigenvalue weighted by Crippen LogP contribution is 2.39. The Bertz CT molecular complexity index is 1610. The standard InChI is InChI=1S/C34H27BrO10/c35-34(40)29(44-33(39)25-19-11-4-12-20-25)28(43-32(38)24-17-9-3-10-18-24)27(42-31(37)23-15-7-2-8-16-23)26(45-34)21-41-30(36)22-13-5-1-6-14-22/h1-20,26-29,40H,21H2/t26-,27-,28+,29+,34?/m1/s1. The number of ether oxygens (including phenoxy) is 5. The molecule has 45 heavy (non-hydrogen) atoms. The lowest BCUT2D eigenvalue weighted by molar-refractivity contribution is -0.299. The monoisotopic (exact) mass is 674 g/mol. The molecule has 0 spiro atoms. The van der Waals surface area contributed by atoms with Gasteiger partial charge in [-0.3, -0.25) is 0 Å². The fraction of sp³-hybridized carbons (Fsp3) is 0.176. The molecule has 1 saturated heterocycles. The molecule has 1 aliphatic rings. The molecule has 1 heterocycles. The molecule has 0 aliphatic carbocycles. The summed E-state index contributed by atoms with van der Waals surface area (Å²) in [5.41, 5.74) is 0.659. The summed E-state index contributed by atoms with van der Waals surface area (Å²) in [7, 11) is 0. The predicted octanol–water partition coefficient (Wildman–Crippen LogP) is 4.96. The largest absolute Gasteiger partial charge is 0.459 e. The molecule has 11 heteroatoms.